The van der Waals surface area contributed by atoms with Crippen LogP contribution in [0.2, 0.25) is 0 Å². The van der Waals surface area contributed by atoms with Crippen LogP contribution in [0.5, 0.6) is 0 Å². The second-order valence-corrected chi connectivity index (χ2v) is 9.88. The van der Waals surface area contributed by atoms with Gasteiger partial charge < -0.3 is 26.0 Å². The zero-order valence-electron chi connectivity index (χ0n) is 21.6. The largest absolute Gasteiger partial charge is 0.475 e. The van der Waals surface area contributed by atoms with Crippen molar-refractivity contribution in [1.82, 2.24) is 15.6 Å². The number of pyridine rings is 1. The molecule has 2 amide bonds. The summed E-state index contributed by atoms with van der Waals surface area (Å²) in [6.07, 6.45) is 0.322. The van der Waals surface area contributed by atoms with Gasteiger partial charge in [-0.05, 0) is 48.2 Å². The van der Waals surface area contributed by atoms with Gasteiger partial charge in [0.05, 0.1) is 17.1 Å². The van der Waals surface area contributed by atoms with Gasteiger partial charge in [0, 0.05) is 18.3 Å². The number of aromatic nitrogens is 1. The van der Waals surface area contributed by atoms with Crippen molar-refractivity contribution in [2.45, 2.75) is 50.3 Å². The van der Waals surface area contributed by atoms with Crippen molar-refractivity contribution in [2.75, 3.05) is 5.32 Å². The average Bonchev–Trinajstić information content (AvgIpc) is 2.90. The Labute approximate surface area is 230 Å². The number of rotatable bonds is 11. The number of alkyl halides is 3. The Morgan fingerprint density at radius 2 is 1.75 bits per heavy atom. The van der Waals surface area contributed by atoms with E-state index in [9.17, 15) is 32.8 Å². The van der Waals surface area contributed by atoms with E-state index in [0.717, 1.165) is 37.0 Å². The van der Waals surface area contributed by atoms with E-state index in [4.69, 9.17) is 0 Å². The molecule has 5 N–H and O–H groups in total. The fourth-order valence-electron chi connectivity index (χ4n) is 4.52. The summed E-state index contributed by atoms with van der Waals surface area (Å²) in [6.45, 7) is 0. The van der Waals surface area contributed by atoms with Gasteiger partial charge in [-0.15, -0.1) is 0 Å². The number of carbonyl (C=O) groups is 2. The Morgan fingerprint density at radius 3 is 2.40 bits per heavy atom. The molecule has 0 saturated heterocycles. The molecule has 3 aromatic rings. The molecule has 2 atom stereocenters. The summed E-state index contributed by atoms with van der Waals surface area (Å²) in [6, 6.07) is 15.3. The van der Waals surface area contributed by atoms with E-state index in [0.29, 0.717) is 6.42 Å². The van der Waals surface area contributed by atoms with Gasteiger partial charge in [-0.1, -0.05) is 55.7 Å². The minimum Gasteiger partial charge on any atom is -0.426 e. The summed E-state index contributed by atoms with van der Waals surface area (Å²) >= 11 is 0. The van der Waals surface area contributed by atoms with Crippen LogP contribution >= 0.6 is 0 Å². The van der Waals surface area contributed by atoms with E-state index in [1.807, 2.05) is 6.07 Å². The topological polar surface area (TPSA) is 124 Å². The second kappa shape index (κ2) is 13.0. The van der Waals surface area contributed by atoms with E-state index in [1.165, 1.54) is 30.5 Å². The van der Waals surface area contributed by atoms with Crippen molar-refractivity contribution in [2.24, 2.45) is 5.92 Å². The minimum absolute atomic E-state index is 0.00633. The average molecular weight is 554 g/mol. The quantitative estimate of drug-likeness (QED) is 0.230. The first-order valence-electron chi connectivity index (χ1n) is 13.0. The lowest BCUT2D eigenvalue weighted by Gasteiger charge is -2.30. The Bertz CT molecular complexity index is 1310. The summed E-state index contributed by atoms with van der Waals surface area (Å²) in [4.78, 5) is 30.9. The van der Waals surface area contributed by atoms with Crippen LogP contribution in [0, 0.1) is 5.92 Å². The zero-order valence-corrected chi connectivity index (χ0v) is 21.6. The van der Waals surface area contributed by atoms with Crippen LogP contribution in [0.25, 0.3) is 0 Å². The zero-order chi connectivity index (χ0) is 28.7. The van der Waals surface area contributed by atoms with Gasteiger partial charge in [-0.2, -0.15) is 13.2 Å². The molecular formula is C28H30BF3N4O4. The fraction of sp³-hybridized carbons (Fsp3) is 0.321. The molecule has 0 spiro atoms. The van der Waals surface area contributed by atoms with E-state index in [2.05, 4.69) is 20.9 Å². The molecule has 2 aromatic carbocycles. The van der Waals surface area contributed by atoms with Crippen LogP contribution in [0.4, 0.5) is 24.7 Å². The molecule has 1 fully saturated rings. The Morgan fingerprint density at radius 1 is 1.00 bits per heavy atom. The summed E-state index contributed by atoms with van der Waals surface area (Å²) in [7, 11) is -1.76. The molecule has 1 aromatic heterocycles. The smallest absolute Gasteiger partial charge is 0.426 e. The molecule has 4 rings (SSSR count). The molecule has 0 aliphatic heterocycles. The van der Waals surface area contributed by atoms with E-state index in [-0.39, 0.29) is 29.4 Å². The number of benzene rings is 2. The van der Waals surface area contributed by atoms with Crippen molar-refractivity contribution >= 4 is 30.4 Å². The molecule has 1 saturated carbocycles. The predicted molar refractivity (Wildman–Crippen MR) is 144 cm³/mol. The highest BCUT2D eigenvalue weighted by molar-refractivity contribution is 6.43. The van der Waals surface area contributed by atoms with Crippen molar-refractivity contribution in [3.05, 3.63) is 89.6 Å². The predicted octanol–water partition coefficient (Wildman–Crippen LogP) is 3.87. The van der Waals surface area contributed by atoms with Gasteiger partial charge >= 0.3 is 13.3 Å². The SMILES string of the molecule is O=C(N[C@@H](Cc1ccccc1)C(=O)N[C@@H](CC1CCC1)B(O)O)c1cccnc1Nc1cccc(C(F)(F)F)c1. The molecule has 0 radical (unpaired) electrons. The first kappa shape index (κ1) is 29.1. The van der Waals surface area contributed by atoms with E-state index in [1.54, 1.807) is 24.3 Å². The van der Waals surface area contributed by atoms with Crippen molar-refractivity contribution in [3.8, 4) is 0 Å². The Kier molecular flexibility index (Phi) is 9.44. The van der Waals surface area contributed by atoms with Crippen molar-refractivity contribution in [1.29, 1.82) is 0 Å². The van der Waals surface area contributed by atoms with Gasteiger partial charge in [0.2, 0.25) is 5.91 Å². The molecule has 12 heteroatoms. The molecule has 1 heterocycles. The van der Waals surface area contributed by atoms with Crippen LogP contribution in [-0.4, -0.2) is 45.9 Å². The van der Waals surface area contributed by atoms with Gasteiger partial charge in [0.15, 0.2) is 0 Å². The van der Waals surface area contributed by atoms with Crippen LogP contribution in [0.1, 0.15) is 47.2 Å². The fourth-order valence-corrected chi connectivity index (χ4v) is 4.52. The Hall–Kier alpha value is -3.90. The summed E-state index contributed by atoms with van der Waals surface area (Å²) in [5.74, 6) is -1.88. The molecule has 0 unspecified atom stereocenters. The summed E-state index contributed by atoms with van der Waals surface area (Å²) in [5, 5.41) is 27.9. The number of halogens is 3. The molecule has 0 bridgehead atoms. The normalized spacial score (nSPS) is 14.9. The summed E-state index contributed by atoms with van der Waals surface area (Å²) in [5.41, 5.74) is -0.00555. The van der Waals surface area contributed by atoms with Crippen molar-refractivity contribution in [3.63, 3.8) is 0 Å². The molecule has 210 valence electrons. The summed E-state index contributed by atoms with van der Waals surface area (Å²) < 4.78 is 39.5. The number of amides is 2. The second-order valence-electron chi connectivity index (χ2n) is 9.88. The van der Waals surface area contributed by atoms with Gasteiger partial charge in [-0.25, -0.2) is 4.98 Å². The lowest BCUT2D eigenvalue weighted by Crippen LogP contribution is -2.55. The van der Waals surface area contributed by atoms with Crippen LogP contribution in [-0.2, 0) is 17.4 Å². The molecule has 1 aliphatic carbocycles. The number of hydrogen-bond donors (Lipinski definition) is 5. The lowest BCUT2D eigenvalue weighted by molar-refractivity contribution is -0.137. The molecule has 40 heavy (non-hydrogen) atoms. The van der Waals surface area contributed by atoms with Crippen molar-refractivity contribution < 1.29 is 32.8 Å². The highest BCUT2D eigenvalue weighted by Crippen LogP contribution is 2.32. The minimum atomic E-state index is -4.54. The molecule has 1 aliphatic rings. The third kappa shape index (κ3) is 7.83. The maximum absolute atomic E-state index is 13.4. The van der Waals surface area contributed by atoms with Gasteiger partial charge in [0.25, 0.3) is 5.91 Å². The number of hydrogen-bond acceptors (Lipinski definition) is 6. The van der Waals surface area contributed by atoms with E-state index < -0.39 is 42.7 Å². The van der Waals surface area contributed by atoms with Crippen LogP contribution < -0.4 is 16.0 Å². The number of anilines is 2. The third-order valence-corrected chi connectivity index (χ3v) is 6.91. The van der Waals surface area contributed by atoms with Crippen LogP contribution in [0.3, 0.4) is 0 Å². The lowest BCUT2D eigenvalue weighted by atomic mass is 9.69. The van der Waals surface area contributed by atoms with E-state index >= 15 is 0 Å². The number of carbonyl (C=O) groups excluding carboxylic acids is 2. The van der Waals surface area contributed by atoms with Crippen LogP contribution in [0.15, 0.2) is 72.9 Å². The molecular weight excluding hydrogens is 524 g/mol. The maximum Gasteiger partial charge on any atom is 0.475 e. The molecule has 8 nitrogen and oxygen atoms in total. The first-order chi connectivity index (χ1) is 19.1. The standard InChI is InChI=1S/C28H30BF3N4O4/c30-28(31,32)20-11-5-12-21(17-20)34-25-22(13-6-14-33-25)26(37)35-23(15-18-7-2-1-3-8-18)27(38)36-24(29(39)40)16-19-9-4-10-19/h1-3,5-8,11-14,17,19,23-24,39-40H,4,9-10,15-16H2,(H,33,34)(H,35,37)(H,36,38)/t23-,24-/m0/s1. The highest BCUT2D eigenvalue weighted by Gasteiger charge is 2.34. The number of nitrogens with zero attached hydrogens (tertiary/aromatic N) is 1. The third-order valence-electron chi connectivity index (χ3n) is 6.91. The highest BCUT2D eigenvalue weighted by atomic mass is 19.4. The maximum atomic E-state index is 13.4. The van der Waals surface area contributed by atoms with Gasteiger partial charge in [-0.3, -0.25) is 9.59 Å². The number of nitrogens with one attached hydrogen (secondary N) is 3. The van der Waals surface area contributed by atoms with Gasteiger partial charge in [0.1, 0.15) is 11.9 Å². The first-order valence-corrected chi connectivity index (χ1v) is 13.0. The monoisotopic (exact) mass is 554 g/mol. The Balaban J connectivity index is 1.54.